The van der Waals surface area contributed by atoms with Gasteiger partial charge in [0.25, 0.3) is 0 Å². The second kappa shape index (κ2) is 22.5. The summed E-state index contributed by atoms with van der Waals surface area (Å²) in [5.41, 5.74) is 18.6. The first kappa shape index (κ1) is 50.9. The van der Waals surface area contributed by atoms with E-state index in [9.17, 15) is 14.4 Å². The Morgan fingerprint density at radius 3 is 1.97 bits per heavy atom. The molecule has 0 saturated heterocycles. The highest BCUT2D eigenvalue weighted by Crippen LogP contribution is 2.38. The van der Waals surface area contributed by atoms with Crippen molar-refractivity contribution in [3.8, 4) is 0 Å². The molecule has 0 spiro atoms. The SMILES string of the molecule is C=Cc1c(C(=C2C=CC(=[N+](C)c3c(C)cc(C)cc3C)C=C2)c2ccc(Nc3c(C)cc(C)cc3C)cc2)ccc(NC2CCCCC2OC(=O)CCC(=O)OCCOC(=O)C(C)(C)CC)c1C. The molecule has 9 heteroatoms. The molecule has 4 aromatic rings. The Hall–Kier alpha value is -6.48. The van der Waals surface area contributed by atoms with Crippen LogP contribution in [0, 0.1) is 53.9 Å². The third-order valence-corrected chi connectivity index (χ3v) is 13.5. The minimum atomic E-state index is -0.599. The van der Waals surface area contributed by atoms with Gasteiger partial charge in [0.15, 0.2) is 0 Å². The van der Waals surface area contributed by atoms with Gasteiger partial charge in [-0.2, -0.15) is 4.58 Å². The summed E-state index contributed by atoms with van der Waals surface area (Å²) < 4.78 is 18.8. The van der Waals surface area contributed by atoms with Crippen molar-refractivity contribution in [1.82, 2.24) is 0 Å². The number of ether oxygens (including phenoxy) is 3. The normalized spacial score (nSPS) is 15.7. The van der Waals surface area contributed by atoms with Crippen molar-refractivity contribution in [2.24, 2.45) is 5.41 Å². The topological polar surface area (TPSA) is 106 Å². The molecule has 358 valence electrons. The van der Waals surface area contributed by atoms with Crippen molar-refractivity contribution < 1.29 is 33.2 Å². The molecule has 9 nitrogen and oxygen atoms in total. The quantitative estimate of drug-likeness (QED) is 0.0467. The van der Waals surface area contributed by atoms with Crippen LogP contribution >= 0.6 is 0 Å². The Bertz CT molecular complexity index is 2620. The molecule has 1 saturated carbocycles. The van der Waals surface area contributed by atoms with Crippen molar-refractivity contribution >= 4 is 58.0 Å². The van der Waals surface area contributed by atoms with Crippen molar-refractivity contribution in [2.75, 3.05) is 30.9 Å². The summed E-state index contributed by atoms with van der Waals surface area (Å²) in [4.78, 5) is 37.8. The lowest BCUT2D eigenvalue weighted by Gasteiger charge is -2.33. The molecule has 2 unspecified atom stereocenters. The number of carbonyl (C=O) groups is 3. The zero-order valence-electron chi connectivity index (χ0n) is 42.3. The van der Waals surface area contributed by atoms with E-state index in [1.165, 1.54) is 39.1 Å². The van der Waals surface area contributed by atoms with E-state index in [1.807, 2.05) is 26.8 Å². The van der Waals surface area contributed by atoms with E-state index in [1.54, 1.807) is 0 Å². The molecule has 6 rings (SSSR count). The monoisotopic (exact) mass is 919 g/mol. The number of rotatable bonds is 17. The maximum atomic E-state index is 13.1. The minimum absolute atomic E-state index is 0.0279. The molecule has 0 aliphatic heterocycles. The summed E-state index contributed by atoms with van der Waals surface area (Å²) >= 11 is 0. The van der Waals surface area contributed by atoms with Gasteiger partial charge in [-0.3, -0.25) is 14.4 Å². The highest BCUT2D eigenvalue weighted by atomic mass is 16.6. The Morgan fingerprint density at radius 1 is 0.765 bits per heavy atom. The lowest BCUT2D eigenvalue weighted by molar-refractivity contribution is -0.404. The minimum Gasteiger partial charge on any atom is -0.462 e. The van der Waals surface area contributed by atoms with E-state index >= 15 is 0 Å². The van der Waals surface area contributed by atoms with Gasteiger partial charge in [0.2, 0.25) is 11.4 Å². The molecule has 0 aromatic heterocycles. The summed E-state index contributed by atoms with van der Waals surface area (Å²) in [6, 6.07) is 21.8. The van der Waals surface area contributed by atoms with Crippen LogP contribution in [0.5, 0.6) is 0 Å². The Kier molecular flexibility index (Phi) is 16.9. The molecule has 4 aromatic carbocycles. The summed E-state index contributed by atoms with van der Waals surface area (Å²) in [6.07, 6.45) is 14.3. The first-order chi connectivity index (χ1) is 32.4. The van der Waals surface area contributed by atoms with Crippen molar-refractivity contribution in [3.05, 3.63) is 153 Å². The smallest absolute Gasteiger partial charge is 0.311 e. The number of allylic oxidation sites excluding steroid dienone is 5. The summed E-state index contributed by atoms with van der Waals surface area (Å²) in [6.45, 7) is 24.8. The molecule has 0 bridgehead atoms. The molecule has 2 N–H and O–H groups in total. The molecule has 2 atom stereocenters. The Balaban J connectivity index is 1.24. The van der Waals surface area contributed by atoms with E-state index in [2.05, 4.69) is 162 Å². The molecule has 0 radical (unpaired) electrons. The van der Waals surface area contributed by atoms with Gasteiger partial charge in [0, 0.05) is 40.3 Å². The number of carbonyl (C=O) groups excluding carboxylic acids is 3. The van der Waals surface area contributed by atoms with E-state index in [0.29, 0.717) is 6.42 Å². The second-order valence-electron chi connectivity index (χ2n) is 19.3. The molecule has 2 aliphatic rings. The van der Waals surface area contributed by atoms with Crippen LogP contribution in [0.25, 0.3) is 11.6 Å². The maximum Gasteiger partial charge on any atom is 0.311 e. The van der Waals surface area contributed by atoms with Crippen molar-refractivity contribution in [1.29, 1.82) is 0 Å². The van der Waals surface area contributed by atoms with Crippen LogP contribution in [-0.2, 0) is 28.6 Å². The second-order valence-corrected chi connectivity index (χ2v) is 19.3. The standard InChI is InChI=1S/C59H71N3O6/c1-13-48-43(9)50(61-51-17-15-16-18-52(51)68-54(64)30-29-53(63)66-31-32-67-58(65)59(10,11)14-2)28-27-49(48)55(44-19-23-46(24-20-44)60-56-39(5)33-37(3)34-40(56)6)45-21-25-47(26-22-45)62(12)57-41(7)35-38(4)36-42(57)8/h13,19-28,33-36,51-52H,1,14-18,29-32H2,2-12H3,(H,60,61)/p+1. The van der Waals surface area contributed by atoms with Gasteiger partial charge in [-0.15, -0.1) is 0 Å². The van der Waals surface area contributed by atoms with Gasteiger partial charge < -0.3 is 24.8 Å². The first-order valence-corrected chi connectivity index (χ1v) is 24.2. The Morgan fingerprint density at radius 2 is 1.35 bits per heavy atom. The number of nitrogens with one attached hydrogen (secondary N) is 2. The number of esters is 3. The molecule has 0 heterocycles. The number of aryl methyl sites for hydroxylation is 6. The van der Waals surface area contributed by atoms with Crippen LogP contribution < -0.4 is 10.6 Å². The third kappa shape index (κ3) is 12.3. The molecular formula is C59H72N3O6+. The lowest BCUT2D eigenvalue weighted by Crippen LogP contribution is -2.40. The van der Waals surface area contributed by atoms with Gasteiger partial charge in [-0.1, -0.05) is 67.5 Å². The zero-order valence-corrected chi connectivity index (χ0v) is 42.3. The fourth-order valence-corrected chi connectivity index (χ4v) is 9.50. The van der Waals surface area contributed by atoms with Crippen LogP contribution in [0.3, 0.4) is 0 Å². The maximum absolute atomic E-state index is 13.1. The third-order valence-electron chi connectivity index (χ3n) is 13.5. The summed E-state index contributed by atoms with van der Waals surface area (Å²) in [5.74, 6) is -1.31. The first-order valence-electron chi connectivity index (χ1n) is 24.2. The number of nitrogens with zero attached hydrogens (tertiary/aromatic N) is 1. The van der Waals surface area contributed by atoms with E-state index in [0.717, 1.165) is 81.9 Å². The van der Waals surface area contributed by atoms with Gasteiger partial charge >= 0.3 is 17.9 Å². The average molecular weight is 919 g/mol. The van der Waals surface area contributed by atoms with E-state index in [-0.39, 0.29) is 44.2 Å². The highest BCUT2D eigenvalue weighted by molar-refractivity contribution is 6.05. The fourth-order valence-electron chi connectivity index (χ4n) is 9.50. The molecule has 2 aliphatic carbocycles. The predicted molar refractivity (Wildman–Crippen MR) is 278 cm³/mol. The number of benzene rings is 4. The molecule has 1 fully saturated rings. The van der Waals surface area contributed by atoms with Crippen LogP contribution in [0.2, 0.25) is 0 Å². The lowest BCUT2D eigenvalue weighted by atomic mass is 9.85. The number of hydrogen-bond donors (Lipinski definition) is 2. The van der Waals surface area contributed by atoms with Crippen LogP contribution in [0.4, 0.5) is 22.7 Å². The fraction of sp³-hybridized carbons (Fsp3) is 0.390. The van der Waals surface area contributed by atoms with Gasteiger partial charge in [0.1, 0.15) is 26.4 Å². The average Bonchev–Trinajstić information content (AvgIpc) is 3.30. The van der Waals surface area contributed by atoms with Gasteiger partial charge in [0.05, 0.1) is 24.3 Å². The van der Waals surface area contributed by atoms with E-state index in [4.69, 9.17) is 14.2 Å². The van der Waals surface area contributed by atoms with Crippen molar-refractivity contribution in [3.63, 3.8) is 0 Å². The largest absolute Gasteiger partial charge is 0.462 e. The number of hydrogen-bond acceptors (Lipinski definition) is 8. The van der Waals surface area contributed by atoms with Gasteiger partial charge in [-0.25, -0.2) is 0 Å². The molecular weight excluding hydrogens is 847 g/mol. The number of anilines is 3. The van der Waals surface area contributed by atoms with Crippen LogP contribution in [-0.4, -0.2) is 60.6 Å². The van der Waals surface area contributed by atoms with Gasteiger partial charge in [-0.05, 0) is 175 Å². The molecule has 0 amide bonds. The van der Waals surface area contributed by atoms with Crippen molar-refractivity contribution in [2.45, 2.75) is 126 Å². The summed E-state index contributed by atoms with van der Waals surface area (Å²) in [5, 5.41) is 7.44. The summed E-state index contributed by atoms with van der Waals surface area (Å²) in [7, 11) is 2.13. The Labute approximate surface area is 405 Å². The van der Waals surface area contributed by atoms with Crippen LogP contribution in [0.1, 0.15) is 121 Å². The van der Waals surface area contributed by atoms with E-state index < -0.39 is 17.4 Å². The van der Waals surface area contributed by atoms with Crippen LogP contribution in [0.15, 0.2) is 97.1 Å². The highest BCUT2D eigenvalue weighted by Gasteiger charge is 2.30. The molecule has 68 heavy (non-hydrogen) atoms. The predicted octanol–water partition coefficient (Wildman–Crippen LogP) is 13.1. The zero-order chi connectivity index (χ0) is 49.3.